The number of hydrogen-bond donors (Lipinski definition) is 1. The summed E-state index contributed by atoms with van der Waals surface area (Å²) in [6.45, 7) is 2.55. The van der Waals surface area contributed by atoms with Crippen molar-refractivity contribution < 1.29 is 4.79 Å². The predicted octanol–water partition coefficient (Wildman–Crippen LogP) is 1.60. The van der Waals surface area contributed by atoms with Crippen LogP contribution in [0.15, 0.2) is 24.3 Å². The third kappa shape index (κ3) is 2.52. The summed E-state index contributed by atoms with van der Waals surface area (Å²) in [5.41, 5.74) is 8.42. The summed E-state index contributed by atoms with van der Waals surface area (Å²) in [5, 5.41) is 0. The second-order valence-corrected chi connectivity index (χ2v) is 5.88. The minimum absolute atomic E-state index is 0.173. The van der Waals surface area contributed by atoms with Gasteiger partial charge in [-0.1, -0.05) is 24.3 Å². The number of likely N-dealkylation sites (tertiary alicyclic amines) is 1. The maximum absolute atomic E-state index is 12.6. The van der Waals surface area contributed by atoms with Crippen molar-refractivity contribution in [2.45, 2.75) is 25.7 Å². The Morgan fingerprint density at radius 2 is 1.74 bits per heavy atom. The Balaban J connectivity index is 1.61. The van der Waals surface area contributed by atoms with Crippen LogP contribution in [0.25, 0.3) is 0 Å². The van der Waals surface area contributed by atoms with E-state index in [1.807, 2.05) is 0 Å². The Morgan fingerprint density at radius 3 is 2.26 bits per heavy atom. The molecule has 3 nitrogen and oxygen atoms in total. The fourth-order valence-corrected chi connectivity index (χ4v) is 3.38. The summed E-state index contributed by atoms with van der Waals surface area (Å²) in [6, 6.07) is 8.45. The van der Waals surface area contributed by atoms with Gasteiger partial charge < -0.3 is 10.6 Å². The molecular formula is C16H22N2O. The van der Waals surface area contributed by atoms with E-state index in [9.17, 15) is 4.79 Å². The number of hydrogen-bond acceptors (Lipinski definition) is 2. The zero-order chi connectivity index (χ0) is 13.2. The van der Waals surface area contributed by atoms with Crippen LogP contribution in [0.1, 0.15) is 24.0 Å². The minimum Gasteiger partial charge on any atom is -0.342 e. The molecule has 3 heteroatoms. The second kappa shape index (κ2) is 5.33. The smallest absolute Gasteiger partial charge is 0.226 e. The van der Waals surface area contributed by atoms with E-state index in [0.29, 0.717) is 11.8 Å². The molecule has 3 rings (SSSR count). The standard InChI is InChI=1S/C16H22N2O/c17-11-12-5-7-18(8-6-12)16(19)15-9-13-3-1-2-4-14(13)10-15/h1-4,12,15H,5-11,17H2. The first kappa shape index (κ1) is 12.7. The number of fused-ring (bicyclic) bond motifs is 1. The summed E-state index contributed by atoms with van der Waals surface area (Å²) >= 11 is 0. The second-order valence-electron chi connectivity index (χ2n) is 5.88. The van der Waals surface area contributed by atoms with E-state index in [0.717, 1.165) is 45.3 Å². The van der Waals surface area contributed by atoms with Gasteiger partial charge in [0, 0.05) is 19.0 Å². The van der Waals surface area contributed by atoms with E-state index in [1.165, 1.54) is 11.1 Å². The summed E-state index contributed by atoms with van der Waals surface area (Å²) in [6.07, 6.45) is 3.99. The first-order chi connectivity index (χ1) is 9.28. The van der Waals surface area contributed by atoms with Gasteiger partial charge >= 0.3 is 0 Å². The van der Waals surface area contributed by atoms with E-state index in [1.54, 1.807) is 0 Å². The number of nitrogens with zero attached hydrogens (tertiary/aromatic N) is 1. The summed E-state index contributed by atoms with van der Waals surface area (Å²) in [5.74, 6) is 1.14. The number of nitrogens with two attached hydrogens (primary N) is 1. The van der Waals surface area contributed by atoms with Crippen LogP contribution >= 0.6 is 0 Å². The average molecular weight is 258 g/mol. The van der Waals surface area contributed by atoms with Crippen LogP contribution in [0.5, 0.6) is 0 Å². The lowest BCUT2D eigenvalue weighted by Crippen LogP contribution is -2.43. The van der Waals surface area contributed by atoms with Crippen molar-refractivity contribution in [3.05, 3.63) is 35.4 Å². The molecule has 1 aromatic carbocycles. The van der Waals surface area contributed by atoms with Crippen LogP contribution in [0.3, 0.4) is 0 Å². The van der Waals surface area contributed by atoms with Gasteiger partial charge in [0.1, 0.15) is 0 Å². The zero-order valence-electron chi connectivity index (χ0n) is 11.3. The SMILES string of the molecule is NCC1CCN(C(=O)C2Cc3ccccc3C2)CC1. The van der Waals surface area contributed by atoms with Crippen molar-refractivity contribution in [3.8, 4) is 0 Å². The number of benzene rings is 1. The summed E-state index contributed by atoms with van der Waals surface area (Å²) in [4.78, 5) is 14.6. The Kier molecular flexibility index (Phi) is 3.56. The van der Waals surface area contributed by atoms with Gasteiger partial charge in [0.25, 0.3) is 0 Å². The molecule has 0 atom stereocenters. The van der Waals surface area contributed by atoms with Crippen LogP contribution in [0, 0.1) is 11.8 Å². The van der Waals surface area contributed by atoms with Crippen LogP contribution in [-0.4, -0.2) is 30.4 Å². The molecular weight excluding hydrogens is 236 g/mol. The third-order valence-corrected chi connectivity index (χ3v) is 4.66. The molecule has 102 valence electrons. The van der Waals surface area contributed by atoms with Gasteiger partial charge in [0.2, 0.25) is 5.91 Å². The van der Waals surface area contributed by atoms with E-state index in [4.69, 9.17) is 5.73 Å². The van der Waals surface area contributed by atoms with Crippen molar-refractivity contribution in [1.82, 2.24) is 4.90 Å². The first-order valence-corrected chi connectivity index (χ1v) is 7.33. The highest BCUT2D eigenvalue weighted by Gasteiger charge is 2.32. The molecule has 0 spiro atoms. The van der Waals surface area contributed by atoms with Crippen molar-refractivity contribution in [2.24, 2.45) is 17.6 Å². The lowest BCUT2D eigenvalue weighted by molar-refractivity contribution is -0.136. The maximum atomic E-state index is 12.6. The van der Waals surface area contributed by atoms with Crippen LogP contribution < -0.4 is 5.73 Å². The normalized spacial score (nSPS) is 20.6. The lowest BCUT2D eigenvalue weighted by atomic mass is 9.95. The van der Waals surface area contributed by atoms with Crippen molar-refractivity contribution >= 4 is 5.91 Å². The molecule has 2 N–H and O–H groups in total. The molecule has 1 aliphatic heterocycles. The molecule has 0 bridgehead atoms. The Labute approximate surface area is 114 Å². The quantitative estimate of drug-likeness (QED) is 0.876. The maximum Gasteiger partial charge on any atom is 0.226 e. The molecule has 0 unspecified atom stereocenters. The highest BCUT2D eigenvalue weighted by molar-refractivity contribution is 5.80. The van der Waals surface area contributed by atoms with Crippen molar-refractivity contribution in [1.29, 1.82) is 0 Å². The molecule has 0 radical (unpaired) electrons. The molecule has 0 aromatic heterocycles. The van der Waals surface area contributed by atoms with Gasteiger partial charge in [-0.15, -0.1) is 0 Å². The molecule has 1 aromatic rings. The van der Waals surface area contributed by atoms with Gasteiger partial charge in [-0.2, -0.15) is 0 Å². The number of rotatable bonds is 2. The highest BCUT2D eigenvalue weighted by atomic mass is 16.2. The largest absolute Gasteiger partial charge is 0.342 e. The van der Waals surface area contributed by atoms with E-state index >= 15 is 0 Å². The number of carbonyl (C=O) groups excluding carboxylic acids is 1. The number of amides is 1. The van der Waals surface area contributed by atoms with Gasteiger partial charge in [-0.25, -0.2) is 0 Å². The summed E-state index contributed by atoms with van der Waals surface area (Å²) < 4.78 is 0. The molecule has 1 aliphatic carbocycles. The van der Waals surface area contributed by atoms with E-state index in [-0.39, 0.29) is 5.92 Å². The Morgan fingerprint density at radius 1 is 1.16 bits per heavy atom. The molecule has 1 amide bonds. The molecule has 0 saturated carbocycles. The van der Waals surface area contributed by atoms with E-state index in [2.05, 4.69) is 29.2 Å². The molecule has 19 heavy (non-hydrogen) atoms. The topological polar surface area (TPSA) is 46.3 Å². The van der Waals surface area contributed by atoms with Gasteiger partial charge in [-0.05, 0) is 49.3 Å². The molecule has 2 aliphatic rings. The zero-order valence-corrected chi connectivity index (χ0v) is 11.3. The van der Waals surface area contributed by atoms with Crippen molar-refractivity contribution in [2.75, 3.05) is 19.6 Å². The lowest BCUT2D eigenvalue weighted by Gasteiger charge is -2.33. The van der Waals surface area contributed by atoms with Crippen LogP contribution in [0.2, 0.25) is 0 Å². The fourth-order valence-electron chi connectivity index (χ4n) is 3.38. The third-order valence-electron chi connectivity index (χ3n) is 4.66. The monoisotopic (exact) mass is 258 g/mol. The number of piperidine rings is 1. The predicted molar refractivity (Wildman–Crippen MR) is 75.7 cm³/mol. The van der Waals surface area contributed by atoms with Gasteiger partial charge in [0.15, 0.2) is 0 Å². The molecule has 1 heterocycles. The number of carbonyl (C=O) groups is 1. The van der Waals surface area contributed by atoms with Gasteiger partial charge in [-0.3, -0.25) is 4.79 Å². The molecule has 1 fully saturated rings. The highest BCUT2D eigenvalue weighted by Crippen LogP contribution is 2.29. The van der Waals surface area contributed by atoms with Gasteiger partial charge in [0.05, 0.1) is 0 Å². The Bertz CT molecular complexity index is 439. The van der Waals surface area contributed by atoms with Crippen LogP contribution in [0.4, 0.5) is 0 Å². The van der Waals surface area contributed by atoms with Crippen molar-refractivity contribution in [3.63, 3.8) is 0 Å². The van der Waals surface area contributed by atoms with E-state index < -0.39 is 0 Å². The van der Waals surface area contributed by atoms with Crippen LogP contribution in [-0.2, 0) is 17.6 Å². The molecule has 1 saturated heterocycles. The average Bonchev–Trinajstić information content (AvgIpc) is 2.90. The fraction of sp³-hybridized carbons (Fsp3) is 0.562. The minimum atomic E-state index is 0.173. The Hall–Kier alpha value is -1.35. The summed E-state index contributed by atoms with van der Waals surface area (Å²) in [7, 11) is 0. The first-order valence-electron chi connectivity index (χ1n) is 7.33.